The average molecular weight is 320 g/mol. The van der Waals surface area contributed by atoms with Crippen molar-refractivity contribution in [1.82, 2.24) is 15.1 Å². The van der Waals surface area contributed by atoms with Crippen molar-refractivity contribution in [3.63, 3.8) is 0 Å². The zero-order valence-electron chi connectivity index (χ0n) is 14.3. The number of amides is 4. The van der Waals surface area contributed by atoms with Crippen LogP contribution in [0.1, 0.15) is 11.1 Å². The lowest BCUT2D eigenvalue weighted by molar-refractivity contribution is -0.130. The molecular formula is C16H24N4O3. The number of hydrogen-bond donors (Lipinski definition) is 2. The van der Waals surface area contributed by atoms with E-state index in [4.69, 9.17) is 0 Å². The number of carbonyl (C=O) groups is 3. The Morgan fingerprint density at radius 2 is 1.70 bits per heavy atom. The molecule has 0 saturated heterocycles. The molecule has 0 unspecified atom stereocenters. The number of nitrogens with one attached hydrogen (secondary N) is 2. The van der Waals surface area contributed by atoms with Crippen LogP contribution in [-0.2, 0) is 9.59 Å². The lowest BCUT2D eigenvalue weighted by Crippen LogP contribution is -2.43. The molecule has 7 nitrogen and oxygen atoms in total. The highest BCUT2D eigenvalue weighted by Gasteiger charge is 2.14. The Kier molecular flexibility index (Phi) is 6.71. The van der Waals surface area contributed by atoms with Crippen molar-refractivity contribution < 1.29 is 14.4 Å². The Bertz CT molecular complexity index is 599. The smallest absolute Gasteiger partial charge is 0.325 e. The van der Waals surface area contributed by atoms with E-state index in [9.17, 15) is 14.4 Å². The van der Waals surface area contributed by atoms with Crippen LogP contribution in [0.4, 0.5) is 10.5 Å². The van der Waals surface area contributed by atoms with Gasteiger partial charge in [-0.15, -0.1) is 0 Å². The van der Waals surface area contributed by atoms with Gasteiger partial charge in [0, 0.05) is 19.8 Å². The summed E-state index contributed by atoms with van der Waals surface area (Å²) in [5, 5.41) is 4.88. The first-order valence-corrected chi connectivity index (χ1v) is 7.26. The number of rotatable bonds is 5. The molecule has 0 aliphatic rings. The molecule has 1 aromatic rings. The van der Waals surface area contributed by atoms with E-state index in [2.05, 4.69) is 10.6 Å². The van der Waals surface area contributed by atoms with Crippen molar-refractivity contribution in [2.24, 2.45) is 0 Å². The van der Waals surface area contributed by atoms with Crippen molar-refractivity contribution in [2.45, 2.75) is 13.8 Å². The quantitative estimate of drug-likeness (QED) is 0.847. The topological polar surface area (TPSA) is 81.8 Å². The van der Waals surface area contributed by atoms with Crippen LogP contribution < -0.4 is 10.6 Å². The van der Waals surface area contributed by atoms with Gasteiger partial charge in [-0.3, -0.25) is 19.8 Å². The van der Waals surface area contributed by atoms with Gasteiger partial charge in [-0.1, -0.05) is 17.7 Å². The van der Waals surface area contributed by atoms with E-state index in [1.807, 2.05) is 26.0 Å². The van der Waals surface area contributed by atoms with E-state index < -0.39 is 11.9 Å². The first-order chi connectivity index (χ1) is 10.7. The van der Waals surface area contributed by atoms with Crippen molar-refractivity contribution in [2.75, 3.05) is 39.5 Å². The Morgan fingerprint density at radius 1 is 1.04 bits per heavy atom. The largest absolute Gasteiger partial charge is 0.348 e. The summed E-state index contributed by atoms with van der Waals surface area (Å²) in [6.07, 6.45) is 0. The van der Waals surface area contributed by atoms with Crippen LogP contribution >= 0.6 is 0 Å². The molecule has 7 heteroatoms. The van der Waals surface area contributed by atoms with E-state index in [0.29, 0.717) is 5.69 Å². The van der Waals surface area contributed by atoms with E-state index in [1.165, 1.54) is 4.90 Å². The van der Waals surface area contributed by atoms with Crippen LogP contribution in [0.3, 0.4) is 0 Å². The van der Waals surface area contributed by atoms with Gasteiger partial charge in [-0.05, 0) is 32.5 Å². The van der Waals surface area contributed by atoms with E-state index in [1.54, 1.807) is 32.1 Å². The van der Waals surface area contributed by atoms with Gasteiger partial charge in [-0.25, -0.2) is 4.79 Å². The van der Waals surface area contributed by atoms with Crippen molar-refractivity contribution >= 4 is 23.5 Å². The van der Waals surface area contributed by atoms with Crippen LogP contribution in [0.25, 0.3) is 0 Å². The predicted octanol–water partition coefficient (Wildman–Crippen LogP) is 0.972. The standard InChI is InChI=1S/C16H24N4O3/c1-11-6-7-13(12(2)8-11)17-16(23)18-14(21)9-20(5)10-15(22)19(3)4/h6-8H,9-10H2,1-5H3,(H2,17,18,21,23). The molecular weight excluding hydrogens is 296 g/mol. The lowest BCUT2D eigenvalue weighted by atomic mass is 10.1. The molecule has 126 valence electrons. The Balaban J connectivity index is 2.47. The molecule has 0 spiro atoms. The van der Waals surface area contributed by atoms with Gasteiger partial charge < -0.3 is 10.2 Å². The molecule has 23 heavy (non-hydrogen) atoms. The molecule has 2 N–H and O–H groups in total. The second-order valence-corrected chi connectivity index (χ2v) is 5.78. The summed E-state index contributed by atoms with van der Waals surface area (Å²) >= 11 is 0. The molecule has 0 aliphatic carbocycles. The second-order valence-electron chi connectivity index (χ2n) is 5.78. The van der Waals surface area contributed by atoms with E-state index in [0.717, 1.165) is 11.1 Å². The number of aryl methyl sites for hydroxylation is 2. The summed E-state index contributed by atoms with van der Waals surface area (Å²) in [7, 11) is 4.93. The van der Waals surface area contributed by atoms with E-state index in [-0.39, 0.29) is 19.0 Å². The van der Waals surface area contributed by atoms with Gasteiger partial charge in [0.2, 0.25) is 11.8 Å². The number of urea groups is 1. The van der Waals surface area contributed by atoms with Crippen LogP contribution in [0.5, 0.6) is 0 Å². The van der Waals surface area contributed by atoms with Crippen molar-refractivity contribution in [1.29, 1.82) is 0 Å². The van der Waals surface area contributed by atoms with Crippen LogP contribution in [0, 0.1) is 13.8 Å². The Labute approximate surface area is 136 Å². The molecule has 0 bridgehead atoms. The summed E-state index contributed by atoms with van der Waals surface area (Å²) < 4.78 is 0. The highest BCUT2D eigenvalue weighted by atomic mass is 16.2. The summed E-state index contributed by atoms with van der Waals surface area (Å²) in [4.78, 5) is 38.2. The monoisotopic (exact) mass is 320 g/mol. The molecule has 0 heterocycles. The third-order valence-corrected chi connectivity index (χ3v) is 3.20. The molecule has 0 atom stereocenters. The third kappa shape index (κ3) is 6.48. The minimum Gasteiger partial charge on any atom is -0.348 e. The molecule has 0 radical (unpaired) electrons. The van der Waals surface area contributed by atoms with Gasteiger partial charge in [0.1, 0.15) is 0 Å². The number of carbonyl (C=O) groups excluding carboxylic acids is 3. The van der Waals surface area contributed by atoms with E-state index >= 15 is 0 Å². The number of hydrogen-bond acceptors (Lipinski definition) is 4. The first-order valence-electron chi connectivity index (χ1n) is 7.26. The fourth-order valence-electron chi connectivity index (χ4n) is 1.95. The number of likely N-dealkylation sites (N-methyl/N-ethyl adjacent to an activating group) is 2. The highest BCUT2D eigenvalue weighted by molar-refractivity contribution is 6.02. The van der Waals surface area contributed by atoms with Gasteiger partial charge in [-0.2, -0.15) is 0 Å². The average Bonchev–Trinajstić information content (AvgIpc) is 2.41. The molecule has 4 amide bonds. The third-order valence-electron chi connectivity index (χ3n) is 3.20. The van der Waals surface area contributed by atoms with Crippen molar-refractivity contribution in [3.05, 3.63) is 29.3 Å². The molecule has 0 aromatic heterocycles. The maximum Gasteiger partial charge on any atom is 0.325 e. The summed E-state index contributed by atoms with van der Waals surface area (Å²) in [6.45, 7) is 3.91. The van der Waals surface area contributed by atoms with Crippen molar-refractivity contribution in [3.8, 4) is 0 Å². The number of imide groups is 1. The predicted molar refractivity (Wildman–Crippen MR) is 89.3 cm³/mol. The van der Waals surface area contributed by atoms with Gasteiger partial charge in [0.05, 0.1) is 13.1 Å². The maximum absolute atomic E-state index is 11.8. The van der Waals surface area contributed by atoms with Gasteiger partial charge in [0.25, 0.3) is 0 Å². The van der Waals surface area contributed by atoms with Crippen LogP contribution in [0.2, 0.25) is 0 Å². The molecule has 1 aromatic carbocycles. The number of anilines is 1. The minimum absolute atomic E-state index is 0.0418. The highest BCUT2D eigenvalue weighted by Crippen LogP contribution is 2.15. The summed E-state index contributed by atoms with van der Waals surface area (Å²) in [6, 6.07) is 5.02. The zero-order chi connectivity index (χ0) is 17.6. The molecule has 0 fully saturated rings. The minimum atomic E-state index is -0.589. The number of nitrogens with zero attached hydrogens (tertiary/aromatic N) is 2. The van der Waals surface area contributed by atoms with Crippen LogP contribution in [-0.4, -0.2) is 61.9 Å². The second kappa shape index (κ2) is 8.28. The Hall–Kier alpha value is -2.41. The molecule has 1 rings (SSSR count). The van der Waals surface area contributed by atoms with Gasteiger partial charge in [0.15, 0.2) is 0 Å². The summed E-state index contributed by atoms with van der Waals surface area (Å²) in [5.41, 5.74) is 2.66. The van der Waals surface area contributed by atoms with Gasteiger partial charge >= 0.3 is 6.03 Å². The molecule has 0 saturated carbocycles. The number of benzene rings is 1. The van der Waals surface area contributed by atoms with Crippen LogP contribution in [0.15, 0.2) is 18.2 Å². The Morgan fingerprint density at radius 3 is 2.26 bits per heavy atom. The first kappa shape index (κ1) is 18.6. The normalized spacial score (nSPS) is 10.3. The fourth-order valence-corrected chi connectivity index (χ4v) is 1.95. The zero-order valence-corrected chi connectivity index (χ0v) is 14.3. The SMILES string of the molecule is Cc1ccc(NC(=O)NC(=O)CN(C)CC(=O)N(C)C)c(C)c1. The molecule has 0 aliphatic heterocycles. The fraction of sp³-hybridized carbons (Fsp3) is 0.438. The lowest BCUT2D eigenvalue weighted by Gasteiger charge is -2.18. The summed E-state index contributed by atoms with van der Waals surface area (Å²) in [5.74, 6) is -0.582. The maximum atomic E-state index is 11.8.